The quantitative estimate of drug-likeness (QED) is 0.878. The molecule has 0 atom stereocenters. The van der Waals surface area contributed by atoms with Crippen LogP contribution in [-0.2, 0) is 24.2 Å². The highest BCUT2D eigenvalue weighted by molar-refractivity contribution is 6.05. The smallest absolute Gasteiger partial charge is 0.340 e. The third-order valence-electron chi connectivity index (χ3n) is 4.78. The van der Waals surface area contributed by atoms with Gasteiger partial charge in [0.2, 0.25) is 0 Å². The lowest BCUT2D eigenvalue weighted by Crippen LogP contribution is -2.31. The molecule has 2 heterocycles. The van der Waals surface area contributed by atoms with Crippen molar-refractivity contribution < 1.29 is 9.53 Å². The summed E-state index contributed by atoms with van der Waals surface area (Å²) in [7, 11) is 1.44. The van der Waals surface area contributed by atoms with Crippen LogP contribution in [0.5, 0.6) is 0 Å². The average molecular weight is 315 g/mol. The molecule has 0 fully saturated rings. The SMILES string of the molecule is CCN1CCc2c(c3cc(C)cc(C(=O)OC)c3n2CCN)C1. The molecule has 1 aromatic heterocycles. The van der Waals surface area contributed by atoms with E-state index in [4.69, 9.17) is 10.5 Å². The van der Waals surface area contributed by atoms with Gasteiger partial charge in [0.05, 0.1) is 18.2 Å². The Morgan fingerprint density at radius 1 is 1.39 bits per heavy atom. The first-order valence-electron chi connectivity index (χ1n) is 8.26. The van der Waals surface area contributed by atoms with E-state index in [-0.39, 0.29) is 5.97 Å². The van der Waals surface area contributed by atoms with Gasteiger partial charge in [0.15, 0.2) is 0 Å². The topological polar surface area (TPSA) is 60.5 Å². The van der Waals surface area contributed by atoms with E-state index in [9.17, 15) is 4.79 Å². The summed E-state index contributed by atoms with van der Waals surface area (Å²) in [5.74, 6) is -0.279. The summed E-state index contributed by atoms with van der Waals surface area (Å²) in [5, 5.41) is 1.17. The van der Waals surface area contributed by atoms with Crippen LogP contribution in [0.15, 0.2) is 12.1 Å². The minimum Gasteiger partial charge on any atom is -0.465 e. The largest absolute Gasteiger partial charge is 0.465 e. The minimum absolute atomic E-state index is 0.279. The van der Waals surface area contributed by atoms with Crippen LogP contribution >= 0.6 is 0 Å². The molecule has 0 amide bonds. The number of nitrogens with two attached hydrogens (primary N) is 1. The average Bonchev–Trinajstić information content (AvgIpc) is 2.87. The number of likely N-dealkylation sites (N-methyl/N-ethyl adjacent to an activating group) is 1. The normalized spacial score (nSPS) is 15.0. The van der Waals surface area contributed by atoms with E-state index >= 15 is 0 Å². The standard InChI is InChI=1S/C18H25N3O2/c1-4-20-7-5-16-15(11-20)13-9-12(2)10-14(18(22)23-3)17(13)21(16)8-6-19/h9-10H,4-8,11,19H2,1-3H3. The third kappa shape index (κ3) is 2.64. The zero-order chi connectivity index (χ0) is 16.6. The van der Waals surface area contributed by atoms with Crippen molar-refractivity contribution in [3.8, 4) is 0 Å². The molecule has 0 aliphatic carbocycles. The van der Waals surface area contributed by atoms with Crippen LogP contribution in [0.4, 0.5) is 0 Å². The first-order chi connectivity index (χ1) is 11.1. The van der Waals surface area contributed by atoms with E-state index in [1.54, 1.807) is 0 Å². The second-order valence-electron chi connectivity index (χ2n) is 6.18. The minimum atomic E-state index is -0.279. The molecule has 0 bridgehead atoms. The molecule has 0 saturated heterocycles. The van der Waals surface area contributed by atoms with Crippen molar-refractivity contribution in [1.29, 1.82) is 0 Å². The van der Waals surface area contributed by atoms with Crippen molar-refractivity contribution >= 4 is 16.9 Å². The van der Waals surface area contributed by atoms with Crippen LogP contribution in [0, 0.1) is 6.92 Å². The molecule has 23 heavy (non-hydrogen) atoms. The Balaban J connectivity index is 2.31. The molecule has 3 rings (SSSR count). The van der Waals surface area contributed by atoms with Crippen LogP contribution < -0.4 is 5.73 Å². The van der Waals surface area contributed by atoms with Crippen molar-refractivity contribution in [3.63, 3.8) is 0 Å². The van der Waals surface area contributed by atoms with E-state index in [2.05, 4.69) is 22.5 Å². The number of esters is 1. The molecule has 2 aromatic rings. The lowest BCUT2D eigenvalue weighted by Gasteiger charge is -2.26. The predicted octanol–water partition coefficient (Wildman–Crippen LogP) is 2.07. The Bertz CT molecular complexity index is 749. The summed E-state index contributed by atoms with van der Waals surface area (Å²) >= 11 is 0. The molecule has 0 saturated carbocycles. The Kier molecular flexibility index (Phi) is 4.41. The summed E-state index contributed by atoms with van der Waals surface area (Å²) < 4.78 is 7.25. The molecule has 1 aromatic carbocycles. The number of rotatable bonds is 4. The summed E-state index contributed by atoms with van der Waals surface area (Å²) in [4.78, 5) is 14.7. The fraction of sp³-hybridized carbons (Fsp3) is 0.500. The fourth-order valence-electron chi connectivity index (χ4n) is 3.69. The summed E-state index contributed by atoms with van der Waals surface area (Å²) in [6.45, 7) is 8.53. The Labute approximate surface area is 137 Å². The van der Waals surface area contributed by atoms with Crippen LogP contribution in [0.25, 0.3) is 10.9 Å². The zero-order valence-electron chi connectivity index (χ0n) is 14.2. The lowest BCUT2D eigenvalue weighted by molar-refractivity contribution is 0.0602. The molecular formula is C18H25N3O2. The van der Waals surface area contributed by atoms with E-state index in [1.807, 2.05) is 13.0 Å². The summed E-state index contributed by atoms with van der Waals surface area (Å²) in [6, 6.07) is 4.11. The van der Waals surface area contributed by atoms with Crippen LogP contribution in [-0.4, -0.2) is 42.2 Å². The van der Waals surface area contributed by atoms with Gasteiger partial charge in [-0.1, -0.05) is 6.92 Å². The molecule has 0 spiro atoms. The van der Waals surface area contributed by atoms with Crippen LogP contribution in [0.2, 0.25) is 0 Å². The molecule has 1 aliphatic rings. The van der Waals surface area contributed by atoms with Gasteiger partial charge < -0.3 is 15.0 Å². The van der Waals surface area contributed by atoms with Crippen molar-refractivity contribution in [3.05, 3.63) is 34.5 Å². The molecule has 1 aliphatic heterocycles. The second-order valence-corrected chi connectivity index (χ2v) is 6.18. The Morgan fingerprint density at radius 3 is 2.83 bits per heavy atom. The highest BCUT2D eigenvalue weighted by Gasteiger charge is 2.26. The van der Waals surface area contributed by atoms with Gasteiger partial charge in [-0.2, -0.15) is 0 Å². The highest BCUT2D eigenvalue weighted by Crippen LogP contribution is 2.34. The lowest BCUT2D eigenvalue weighted by atomic mass is 10.0. The maximum atomic E-state index is 12.3. The van der Waals surface area contributed by atoms with Crippen molar-refractivity contribution in [2.45, 2.75) is 33.4 Å². The van der Waals surface area contributed by atoms with Gasteiger partial charge in [-0.05, 0) is 36.7 Å². The molecular weight excluding hydrogens is 290 g/mol. The number of nitrogens with zero attached hydrogens (tertiary/aromatic N) is 2. The van der Waals surface area contributed by atoms with Crippen LogP contribution in [0.1, 0.15) is 34.1 Å². The second kappa shape index (κ2) is 6.34. The molecule has 2 N–H and O–H groups in total. The van der Waals surface area contributed by atoms with E-state index in [1.165, 1.54) is 23.8 Å². The van der Waals surface area contributed by atoms with Gasteiger partial charge in [0.1, 0.15) is 0 Å². The van der Waals surface area contributed by atoms with Gasteiger partial charge in [0, 0.05) is 43.7 Å². The molecule has 5 nitrogen and oxygen atoms in total. The van der Waals surface area contributed by atoms with Crippen molar-refractivity contribution in [2.24, 2.45) is 5.73 Å². The maximum Gasteiger partial charge on any atom is 0.340 e. The van der Waals surface area contributed by atoms with E-state index in [0.29, 0.717) is 12.1 Å². The highest BCUT2D eigenvalue weighted by atomic mass is 16.5. The number of aryl methyl sites for hydroxylation is 1. The third-order valence-corrected chi connectivity index (χ3v) is 4.78. The van der Waals surface area contributed by atoms with Crippen molar-refractivity contribution in [2.75, 3.05) is 26.7 Å². The maximum absolute atomic E-state index is 12.3. The molecule has 5 heteroatoms. The van der Waals surface area contributed by atoms with Crippen LogP contribution in [0.3, 0.4) is 0 Å². The number of aromatic nitrogens is 1. The zero-order valence-corrected chi connectivity index (χ0v) is 14.2. The fourth-order valence-corrected chi connectivity index (χ4v) is 3.69. The molecule has 124 valence electrons. The number of methoxy groups -OCH3 is 1. The first kappa shape index (κ1) is 16.0. The first-order valence-corrected chi connectivity index (χ1v) is 8.26. The van der Waals surface area contributed by atoms with Gasteiger partial charge in [-0.3, -0.25) is 4.90 Å². The number of hydrogen-bond donors (Lipinski definition) is 1. The summed E-state index contributed by atoms with van der Waals surface area (Å²) in [5.41, 5.74) is 11.2. The molecule has 0 radical (unpaired) electrons. The number of benzene rings is 1. The van der Waals surface area contributed by atoms with Crippen molar-refractivity contribution in [1.82, 2.24) is 9.47 Å². The van der Waals surface area contributed by atoms with Gasteiger partial charge in [0.25, 0.3) is 0 Å². The predicted molar refractivity (Wildman–Crippen MR) is 91.7 cm³/mol. The van der Waals surface area contributed by atoms with Gasteiger partial charge >= 0.3 is 5.97 Å². The monoisotopic (exact) mass is 315 g/mol. The van der Waals surface area contributed by atoms with E-state index in [0.717, 1.165) is 43.7 Å². The number of ether oxygens (including phenoxy) is 1. The number of fused-ring (bicyclic) bond motifs is 3. The Hall–Kier alpha value is -1.85. The summed E-state index contributed by atoms with van der Waals surface area (Å²) in [6.07, 6.45) is 0.998. The number of carbonyl (C=O) groups excluding carboxylic acids is 1. The number of carbonyl (C=O) groups is 1. The number of hydrogen-bond acceptors (Lipinski definition) is 4. The van der Waals surface area contributed by atoms with E-state index < -0.39 is 0 Å². The Morgan fingerprint density at radius 2 is 2.17 bits per heavy atom. The van der Waals surface area contributed by atoms with Gasteiger partial charge in [-0.15, -0.1) is 0 Å². The van der Waals surface area contributed by atoms with Gasteiger partial charge in [-0.25, -0.2) is 4.79 Å². The molecule has 0 unspecified atom stereocenters.